The van der Waals surface area contributed by atoms with Gasteiger partial charge in [-0.1, -0.05) is 5.16 Å². The molecule has 2 rings (SSSR count). The fourth-order valence-electron chi connectivity index (χ4n) is 1.29. The number of halogens is 1. The van der Waals surface area contributed by atoms with E-state index in [2.05, 4.69) is 5.16 Å². The molecule has 3 heteroatoms. The molecule has 0 aliphatic carbocycles. The van der Waals surface area contributed by atoms with E-state index in [0.717, 1.165) is 16.8 Å². The average molecular weight is 191 g/mol. The van der Waals surface area contributed by atoms with Crippen molar-refractivity contribution in [2.75, 3.05) is 0 Å². The number of aromatic nitrogens is 1. The van der Waals surface area contributed by atoms with Crippen LogP contribution in [0.25, 0.3) is 11.3 Å². The van der Waals surface area contributed by atoms with Gasteiger partial charge in [-0.3, -0.25) is 0 Å². The van der Waals surface area contributed by atoms with Crippen LogP contribution in [0.15, 0.2) is 28.8 Å². The first-order valence-corrected chi connectivity index (χ1v) is 4.37. The van der Waals surface area contributed by atoms with E-state index in [-0.39, 0.29) is 5.82 Å². The minimum absolute atomic E-state index is 0.248. The van der Waals surface area contributed by atoms with Gasteiger partial charge in [0.2, 0.25) is 0 Å². The molecule has 0 amide bonds. The second-order valence-corrected chi connectivity index (χ2v) is 3.23. The molecule has 0 N–H and O–H groups in total. The molecule has 0 aliphatic rings. The summed E-state index contributed by atoms with van der Waals surface area (Å²) in [6.07, 6.45) is 0. The smallest absolute Gasteiger partial charge is 0.170 e. The van der Waals surface area contributed by atoms with Gasteiger partial charge in [0.25, 0.3) is 0 Å². The van der Waals surface area contributed by atoms with Crippen LogP contribution >= 0.6 is 0 Å². The summed E-state index contributed by atoms with van der Waals surface area (Å²) in [7, 11) is 0. The van der Waals surface area contributed by atoms with Gasteiger partial charge in [-0.2, -0.15) is 0 Å². The predicted octanol–water partition coefficient (Wildman–Crippen LogP) is 3.10. The average Bonchev–Trinajstić information content (AvgIpc) is 2.50. The van der Waals surface area contributed by atoms with Crippen molar-refractivity contribution in [2.24, 2.45) is 0 Å². The maximum atomic E-state index is 12.7. The highest BCUT2D eigenvalue weighted by Gasteiger charge is 2.10. The first kappa shape index (κ1) is 8.94. The van der Waals surface area contributed by atoms with Crippen LogP contribution in [0.4, 0.5) is 4.39 Å². The molecule has 0 saturated heterocycles. The minimum atomic E-state index is -0.248. The van der Waals surface area contributed by atoms with E-state index in [1.54, 1.807) is 12.1 Å². The number of hydrogen-bond donors (Lipinski definition) is 0. The Labute approximate surface area is 81.3 Å². The van der Waals surface area contributed by atoms with Gasteiger partial charge in [-0.05, 0) is 38.1 Å². The van der Waals surface area contributed by atoms with Crippen molar-refractivity contribution < 1.29 is 8.91 Å². The Morgan fingerprint density at radius 2 is 1.79 bits per heavy atom. The lowest BCUT2D eigenvalue weighted by atomic mass is 10.1. The lowest BCUT2D eigenvalue weighted by Crippen LogP contribution is -1.79. The van der Waals surface area contributed by atoms with Crippen LogP contribution < -0.4 is 0 Å². The number of hydrogen-bond acceptors (Lipinski definition) is 2. The Morgan fingerprint density at radius 3 is 2.29 bits per heavy atom. The second-order valence-electron chi connectivity index (χ2n) is 3.23. The zero-order valence-corrected chi connectivity index (χ0v) is 8.04. The van der Waals surface area contributed by atoms with Crippen LogP contribution in [0, 0.1) is 19.7 Å². The van der Waals surface area contributed by atoms with Gasteiger partial charge in [0.05, 0.1) is 5.69 Å². The fourth-order valence-corrected chi connectivity index (χ4v) is 1.29. The maximum absolute atomic E-state index is 12.7. The summed E-state index contributed by atoms with van der Waals surface area (Å²) in [6.45, 7) is 3.82. The third kappa shape index (κ3) is 1.41. The topological polar surface area (TPSA) is 26.0 Å². The van der Waals surface area contributed by atoms with Gasteiger partial charge in [0.1, 0.15) is 5.82 Å². The van der Waals surface area contributed by atoms with E-state index in [0.29, 0.717) is 5.76 Å². The molecule has 2 nitrogen and oxygen atoms in total. The lowest BCUT2D eigenvalue weighted by molar-refractivity contribution is 0.427. The molecule has 72 valence electrons. The Morgan fingerprint density at radius 1 is 1.14 bits per heavy atom. The largest absolute Gasteiger partial charge is 0.356 e. The first-order valence-electron chi connectivity index (χ1n) is 4.37. The van der Waals surface area contributed by atoms with E-state index in [4.69, 9.17) is 4.52 Å². The van der Waals surface area contributed by atoms with Gasteiger partial charge in [-0.15, -0.1) is 0 Å². The standard InChI is InChI=1S/C11H10FNO/c1-7-8(2)13-14-11(7)9-3-5-10(12)6-4-9/h3-6H,1-2H3. The first-order chi connectivity index (χ1) is 6.68. The van der Waals surface area contributed by atoms with E-state index in [9.17, 15) is 4.39 Å². The van der Waals surface area contributed by atoms with E-state index in [1.807, 2.05) is 13.8 Å². The van der Waals surface area contributed by atoms with Crippen LogP contribution in [-0.4, -0.2) is 5.16 Å². The number of aryl methyl sites for hydroxylation is 1. The third-order valence-corrected chi connectivity index (χ3v) is 2.26. The van der Waals surface area contributed by atoms with Gasteiger partial charge < -0.3 is 4.52 Å². The van der Waals surface area contributed by atoms with Crippen molar-refractivity contribution in [3.05, 3.63) is 41.3 Å². The fraction of sp³-hybridized carbons (Fsp3) is 0.182. The van der Waals surface area contributed by atoms with Crippen molar-refractivity contribution in [2.45, 2.75) is 13.8 Å². The molecule has 0 fully saturated rings. The van der Waals surface area contributed by atoms with Crippen molar-refractivity contribution in [1.29, 1.82) is 0 Å². The third-order valence-electron chi connectivity index (χ3n) is 2.26. The molecule has 1 aromatic carbocycles. The number of rotatable bonds is 1. The second kappa shape index (κ2) is 3.25. The Hall–Kier alpha value is -1.64. The summed E-state index contributed by atoms with van der Waals surface area (Å²) >= 11 is 0. The molecular weight excluding hydrogens is 181 g/mol. The molecule has 0 unspecified atom stereocenters. The zero-order valence-electron chi connectivity index (χ0n) is 8.04. The summed E-state index contributed by atoms with van der Waals surface area (Å²) in [5.74, 6) is 0.463. The maximum Gasteiger partial charge on any atom is 0.170 e. The zero-order chi connectivity index (χ0) is 10.1. The Bertz CT molecular complexity index is 445. The number of benzene rings is 1. The lowest BCUT2D eigenvalue weighted by Gasteiger charge is -1.96. The summed E-state index contributed by atoms with van der Waals surface area (Å²) in [5, 5.41) is 3.85. The molecule has 1 heterocycles. The highest BCUT2D eigenvalue weighted by atomic mass is 19.1. The highest BCUT2D eigenvalue weighted by molar-refractivity contribution is 5.61. The van der Waals surface area contributed by atoms with Gasteiger partial charge in [0, 0.05) is 11.1 Å². The molecule has 0 spiro atoms. The Balaban J connectivity index is 2.49. The summed E-state index contributed by atoms with van der Waals surface area (Å²) in [6, 6.07) is 6.18. The molecule has 0 saturated carbocycles. The Kier molecular flexibility index (Phi) is 2.08. The van der Waals surface area contributed by atoms with Crippen LogP contribution in [-0.2, 0) is 0 Å². The quantitative estimate of drug-likeness (QED) is 0.692. The van der Waals surface area contributed by atoms with Crippen LogP contribution in [0.2, 0.25) is 0 Å². The highest BCUT2D eigenvalue weighted by Crippen LogP contribution is 2.25. The monoisotopic (exact) mass is 191 g/mol. The molecule has 1 aromatic heterocycles. The van der Waals surface area contributed by atoms with Crippen LogP contribution in [0.5, 0.6) is 0 Å². The van der Waals surface area contributed by atoms with Crippen LogP contribution in [0.1, 0.15) is 11.3 Å². The van der Waals surface area contributed by atoms with Gasteiger partial charge in [-0.25, -0.2) is 4.39 Å². The van der Waals surface area contributed by atoms with Crippen molar-refractivity contribution in [3.8, 4) is 11.3 Å². The minimum Gasteiger partial charge on any atom is -0.356 e. The molecule has 0 atom stereocenters. The normalized spacial score (nSPS) is 10.5. The van der Waals surface area contributed by atoms with Crippen molar-refractivity contribution in [1.82, 2.24) is 5.16 Å². The number of nitrogens with zero attached hydrogens (tertiary/aromatic N) is 1. The van der Waals surface area contributed by atoms with Gasteiger partial charge >= 0.3 is 0 Å². The summed E-state index contributed by atoms with van der Waals surface area (Å²) in [4.78, 5) is 0. The van der Waals surface area contributed by atoms with Crippen molar-refractivity contribution in [3.63, 3.8) is 0 Å². The molecule has 14 heavy (non-hydrogen) atoms. The van der Waals surface area contributed by atoms with E-state index in [1.165, 1.54) is 12.1 Å². The SMILES string of the molecule is Cc1noc(-c2ccc(F)cc2)c1C. The molecule has 2 aromatic rings. The van der Waals surface area contributed by atoms with E-state index < -0.39 is 0 Å². The summed E-state index contributed by atoms with van der Waals surface area (Å²) in [5.41, 5.74) is 2.71. The molecule has 0 bridgehead atoms. The molecular formula is C11H10FNO. The summed E-state index contributed by atoms with van der Waals surface area (Å²) < 4.78 is 17.8. The van der Waals surface area contributed by atoms with Crippen molar-refractivity contribution >= 4 is 0 Å². The molecule has 0 aliphatic heterocycles. The van der Waals surface area contributed by atoms with Gasteiger partial charge in [0.15, 0.2) is 5.76 Å². The molecule has 0 radical (unpaired) electrons. The van der Waals surface area contributed by atoms with E-state index >= 15 is 0 Å². The predicted molar refractivity (Wildman–Crippen MR) is 51.4 cm³/mol. The van der Waals surface area contributed by atoms with Crippen LogP contribution in [0.3, 0.4) is 0 Å².